The third-order valence-corrected chi connectivity index (χ3v) is 7.02. The monoisotopic (exact) mass is 463 g/mol. The zero-order chi connectivity index (χ0) is 24.5. The highest BCUT2D eigenvalue weighted by Gasteiger charge is 2.28. The molecule has 1 heterocycles. The summed E-state index contributed by atoms with van der Waals surface area (Å²) < 4.78 is 13.6. The first-order valence-electron chi connectivity index (χ1n) is 12.9. The molecule has 4 heteroatoms. The summed E-state index contributed by atoms with van der Waals surface area (Å²) in [5.41, 5.74) is 12.0. The average molecular weight is 464 g/mol. The van der Waals surface area contributed by atoms with E-state index in [1.807, 2.05) is 18.2 Å². The molecule has 0 spiro atoms. The molecule has 0 bridgehead atoms. The predicted molar refractivity (Wildman–Crippen MR) is 145 cm³/mol. The van der Waals surface area contributed by atoms with Gasteiger partial charge in [0.25, 0.3) is 0 Å². The number of allylic oxidation sites excluding steroid dienone is 3. The lowest BCUT2D eigenvalue weighted by atomic mass is 9.87. The van der Waals surface area contributed by atoms with E-state index in [-0.39, 0.29) is 11.9 Å². The number of nitrogens with two attached hydrogens (primary N) is 1. The highest BCUT2D eigenvalue weighted by molar-refractivity contribution is 5.55. The highest BCUT2D eigenvalue weighted by Crippen LogP contribution is 2.38. The van der Waals surface area contributed by atoms with Crippen molar-refractivity contribution in [2.24, 2.45) is 0 Å². The van der Waals surface area contributed by atoms with Crippen molar-refractivity contribution in [3.63, 3.8) is 0 Å². The third kappa shape index (κ3) is 6.96. The summed E-state index contributed by atoms with van der Waals surface area (Å²) in [6.07, 6.45) is 12.3. The maximum absolute atomic E-state index is 13.6. The Kier molecular flexibility index (Phi) is 9.76. The summed E-state index contributed by atoms with van der Waals surface area (Å²) in [6, 6.07) is 14.0. The van der Waals surface area contributed by atoms with Gasteiger partial charge < -0.3 is 15.5 Å². The van der Waals surface area contributed by atoms with Crippen LogP contribution in [0.2, 0.25) is 0 Å². The second-order valence-corrected chi connectivity index (χ2v) is 9.58. The van der Waals surface area contributed by atoms with E-state index in [1.165, 1.54) is 36.1 Å². The van der Waals surface area contributed by atoms with Crippen molar-refractivity contribution in [2.75, 3.05) is 30.3 Å². The molecule has 0 fully saturated rings. The zero-order valence-electron chi connectivity index (χ0n) is 21.4. The summed E-state index contributed by atoms with van der Waals surface area (Å²) in [5, 5.41) is 0. The molecule has 1 unspecified atom stereocenters. The van der Waals surface area contributed by atoms with Crippen LogP contribution in [0.3, 0.4) is 0 Å². The molecule has 0 aliphatic carbocycles. The fourth-order valence-electron chi connectivity index (χ4n) is 4.99. The summed E-state index contributed by atoms with van der Waals surface area (Å²) in [7, 11) is 0. The molecule has 184 valence electrons. The quantitative estimate of drug-likeness (QED) is 0.215. The number of benzene rings is 2. The van der Waals surface area contributed by atoms with Crippen molar-refractivity contribution in [3.8, 4) is 0 Å². The molecule has 0 amide bonds. The number of hydrogen-bond acceptors (Lipinski definition) is 3. The smallest absolute Gasteiger partial charge is 0.123 e. The fourth-order valence-corrected chi connectivity index (χ4v) is 4.99. The molecule has 34 heavy (non-hydrogen) atoms. The van der Waals surface area contributed by atoms with Gasteiger partial charge in [0.05, 0.1) is 6.04 Å². The first-order valence-corrected chi connectivity index (χ1v) is 12.9. The second-order valence-electron chi connectivity index (χ2n) is 9.58. The molecule has 0 saturated heterocycles. The van der Waals surface area contributed by atoms with Crippen LogP contribution in [0.4, 0.5) is 15.8 Å². The molecule has 0 saturated carbocycles. The van der Waals surface area contributed by atoms with Gasteiger partial charge in [0.1, 0.15) is 5.82 Å². The Morgan fingerprint density at radius 3 is 2.62 bits per heavy atom. The van der Waals surface area contributed by atoms with Gasteiger partial charge >= 0.3 is 0 Å². The second kappa shape index (κ2) is 12.8. The van der Waals surface area contributed by atoms with Crippen LogP contribution in [0.15, 0.2) is 66.3 Å². The predicted octanol–water partition coefficient (Wildman–Crippen LogP) is 7.30. The Labute approximate surface area is 206 Å². The molecular formula is C30H42FN3. The summed E-state index contributed by atoms with van der Waals surface area (Å²) in [5.74, 6) is -0.196. The topological polar surface area (TPSA) is 32.5 Å². The minimum atomic E-state index is -0.196. The largest absolute Gasteiger partial charge is 0.399 e. The van der Waals surface area contributed by atoms with E-state index in [1.54, 1.807) is 12.1 Å². The van der Waals surface area contributed by atoms with Gasteiger partial charge in [0.2, 0.25) is 0 Å². The number of nitrogens with zero attached hydrogens (tertiary/aromatic N) is 2. The van der Waals surface area contributed by atoms with Gasteiger partial charge in [0, 0.05) is 24.0 Å². The number of rotatable bonds is 11. The van der Waals surface area contributed by atoms with Crippen molar-refractivity contribution in [2.45, 2.75) is 71.9 Å². The maximum atomic E-state index is 13.6. The van der Waals surface area contributed by atoms with Gasteiger partial charge in [-0.05, 0) is 113 Å². The maximum Gasteiger partial charge on any atom is 0.123 e. The lowest BCUT2D eigenvalue weighted by molar-refractivity contribution is 0.229. The Morgan fingerprint density at radius 1 is 1.18 bits per heavy atom. The molecule has 1 atom stereocenters. The van der Waals surface area contributed by atoms with Crippen LogP contribution in [-0.4, -0.2) is 30.6 Å². The average Bonchev–Trinajstić information content (AvgIpc) is 2.83. The van der Waals surface area contributed by atoms with E-state index in [2.05, 4.69) is 67.9 Å². The van der Waals surface area contributed by atoms with Gasteiger partial charge in [-0.2, -0.15) is 0 Å². The van der Waals surface area contributed by atoms with Crippen LogP contribution in [0.25, 0.3) is 0 Å². The summed E-state index contributed by atoms with van der Waals surface area (Å²) in [4.78, 5) is 4.94. The van der Waals surface area contributed by atoms with E-state index in [0.717, 1.165) is 43.7 Å². The van der Waals surface area contributed by atoms with Crippen LogP contribution >= 0.6 is 0 Å². The van der Waals surface area contributed by atoms with Crippen LogP contribution < -0.4 is 10.6 Å². The van der Waals surface area contributed by atoms with E-state index >= 15 is 0 Å². The molecule has 1 aliphatic rings. The van der Waals surface area contributed by atoms with Gasteiger partial charge in [-0.3, -0.25) is 0 Å². The third-order valence-electron chi connectivity index (χ3n) is 7.02. The highest BCUT2D eigenvalue weighted by atomic mass is 19.1. The van der Waals surface area contributed by atoms with E-state index in [0.29, 0.717) is 6.04 Å². The number of fused-ring (bicyclic) bond motifs is 1. The fraction of sp³-hybridized carbons (Fsp3) is 0.467. The Bertz CT molecular complexity index is 962. The lowest BCUT2D eigenvalue weighted by Gasteiger charge is -2.39. The Morgan fingerprint density at radius 2 is 1.94 bits per heavy atom. The van der Waals surface area contributed by atoms with Crippen LogP contribution in [0, 0.1) is 5.82 Å². The first kappa shape index (κ1) is 26.0. The van der Waals surface area contributed by atoms with Gasteiger partial charge in [0.15, 0.2) is 0 Å². The SMILES string of the molecule is C/C=C(\C=C/CCCCN(CC)C(C)C)CC1c2ccc(N)cc2CCN1c1ccc(F)cc1. The number of halogens is 1. The summed E-state index contributed by atoms with van der Waals surface area (Å²) >= 11 is 0. The Hall–Kier alpha value is -2.59. The van der Waals surface area contributed by atoms with Crippen molar-refractivity contribution >= 4 is 11.4 Å². The van der Waals surface area contributed by atoms with Gasteiger partial charge in [-0.25, -0.2) is 4.39 Å². The minimum Gasteiger partial charge on any atom is -0.399 e. The van der Waals surface area contributed by atoms with Crippen LogP contribution in [-0.2, 0) is 6.42 Å². The van der Waals surface area contributed by atoms with E-state index in [4.69, 9.17) is 5.73 Å². The number of unbranched alkanes of at least 4 members (excludes halogenated alkanes) is 2. The van der Waals surface area contributed by atoms with Crippen molar-refractivity contribution in [1.29, 1.82) is 0 Å². The molecular weight excluding hydrogens is 421 g/mol. The number of hydrogen-bond donors (Lipinski definition) is 1. The van der Waals surface area contributed by atoms with E-state index in [9.17, 15) is 4.39 Å². The number of nitrogen functional groups attached to an aromatic ring is 1. The van der Waals surface area contributed by atoms with Gasteiger partial charge in [-0.15, -0.1) is 0 Å². The molecule has 2 aromatic carbocycles. The minimum absolute atomic E-state index is 0.196. The molecule has 3 nitrogen and oxygen atoms in total. The Balaban J connectivity index is 1.68. The molecule has 0 aromatic heterocycles. The van der Waals surface area contributed by atoms with Crippen molar-refractivity contribution in [3.05, 3.63) is 83.2 Å². The number of anilines is 2. The first-order chi connectivity index (χ1) is 16.4. The van der Waals surface area contributed by atoms with E-state index < -0.39 is 0 Å². The zero-order valence-corrected chi connectivity index (χ0v) is 21.4. The molecule has 3 rings (SSSR count). The van der Waals surface area contributed by atoms with Gasteiger partial charge in [-0.1, -0.05) is 36.8 Å². The van der Waals surface area contributed by atoms with Crippen LogP contribution in [0.5, 0.6) is 0 Å². The summed E-state index contributed by atoms with van der Waals surface area (Å²) in [6.45, 7) is 12.1. The van der Waals surface area contributed by atoms with Crippen molar-refractivity contribution in [1.82, 2.24) is 4.90 Å². The molecule has 2 N–H and O–H groups in total. The van der Waals surface area contributed by atoms with Crippen LogP contribution in [0.1, 0.15) is 70.5 Å². The molecule has 0 radical (unpaired) electrons. The lowest BCUT2D eigenvalue weighted by Crippen LogP contribution is -2.35. The normalized spacial score (nSPS) is 16.6. The molecule has 1 aliphatic heterocycles. The standard InChI is InChI=1S/C30H42FN3/c1-5-24(11-9-7-8-10-19-33(6-2)23(3)4)21-30-29-17-14-27(32)22-25(29)18-20-34(30)28-15-12-26(31)13-16-28/h5,9,11-17,22-23,30H,6-8,10,18-21,32H2,1-4H3/b11-9-,24-5+. The van der Waals surface area contributed by atoms with Crippen molar-refractivity contribution < 1.29 is 4.39 Å². The molecule has 2 aromatic rings.